The van der Waals surface area contributed by atoms with Crippen LogP contribution in [-0.2, 0) is 23.9 Å². The van der Waals surface area contributed by atoms with E-state index in [2.05, 4.69) is 0 Å². The zero-order valence-electron chi connectivity index (χ0n) is 4.01. The molecule has 0 saturated carbocycles. The normalized spacial score (nSPS) is 3.43. The van der Waals surface area contributed by atoms with E-state index in [-0.39, 0.29) is 55.7 Å². The molecule has 3 nitrogen and oxygen atoms in total. The monoisotopic (exact) mass is 174 g/mol. The van der Waals surface area contributed by atoms with E-state index in [1.807, 2.05) is 0 Å². The van der Waals surface area contributed by atoms with Crippen molar-refractivity contribution in [2.75, 3.05) is 0 Å². The first-order valence-electron chi connectivity index (χ1n) is 0.612. The summed E-state index contributed by atoms with van der Waals surface area (Å²) in [6.45, 7) is 0. The fourth-order valence-electron chi connectivity index (χ4n) is 0. The predicted octanol–water partition coefficient (Wildman–Crippen LogP) is -6.26. The number of hydrogen-bond acceptors (Lipinski definition) is 3. The van der Waals surface area contributed by atoms with Crippen molar-refractivity contribution in [2.45, 2.75) is 0 Å². The van der Waals surface area contributed by atoms with Gasteiger partial charge in [0.25, 0.3) is 0 Å². The first kappa shape index (κ1) is 23.8. The van der Waals surface area contributed by atoms with Gasteiger partial charge < -0.3 is 14.1 Å². The average Bonchev–Trinajstić information content (AvgIpc) is 0.811. The Balaban J connectivity index is -0.0000000150. The van der Waals surface area contributed by atoms with E-state index in [0.717, 1.165) is 0 Å². The maximum atomic E-state index is 8.52. The summed E-state index contributed by atoms with van der Waals surface area (Å²) in [7, 11) is -3.63. The van der Waals surface area contributed by atoms with Crippen molar-refractivity contribution in [3.63, 3.8) is 0 Å². The van der Waals surface area contributed by atoms with Crippen LogP contribution in [0.4, 0.5) is 0 Å². The van der Waals surface area contributed by atoms with Crippen molar-refractivity contribution >= 4 is 26.5 Å². The zero-order valence-corrected chi connectivity index (χ0v) is 9.13. The van der Waals surface area contributed by atoms with Crippen LogP contribution < -0.4 is 28.5 Å². The van der Waals surface area contributed by atoms with E-state index in [9.17, 15) is 0 Å². The largest absolute Gasteiger partial charge is 3.00 e. The van der Waals surface area contributed by atoms with Crippen LogP contribution >= 0.6 is 0 Å². The van der Waals surface area contributed by atoms with Gasteiger partial charge in [-0.05, 0) is 0 Å². The van der Waals surface area contributed by atoms with Gasteiger partial charge in [-0.1, -0.05) is 0 Å². The van der Waals surface area contributed by atoms with Gasteiger partial charge in [-0.2, -0.15) is 0 Å². The molecule has 0 atom stereocenters. The molecule has 0 aliphatic carbocycles. The van der Waals surface area contributed by atoms with Gasteiger partial charge in [0.1, 0.15) is 0 Å². The quantitative estimate of drug-likeness (QED) is 0.344. The van der Waals surface area contributed by atoms with Crippen molar-refractivity contribution < 1.29 is 52.4 Å². The Labute approximate surface area is 78.5 Å². The molecule has 0 aromatic heterocycles. The van der Waals surface area contributed by atoms with Gasteiger partial charge in [0, 0.05) is 9.17 Å². The summed E-state index contributed by atoms with van der Waals surface area (Å²) in [4.78, 5) is 17.0. The van der Waals surface area contributed by atoms with E-state index in [4.69, 9.17) is 14.1 Å². The molecule has 0 fully saturated rings. The molecule has 7 heteroatoms. The Hall–Kier alpha value is 1.37. The summed E-state index contributed by atoms with van der Waals surface area (Å²) in [6.07, 6.45) is 0. The Morgan fingerprint density at radius 1 is 1.29 bits per heavy atom. The van der Waals surface area contributed by atoms with Crippen LogP contribution in [0.1, 0.15) is 0 Å². The van der Waals surface area contributed by atoms with Crippen LogP contribution in [-0.4, -0.2) is 26.5 Å². The molecule has 0 heterocycles. The Bertz CT molecular complexity index is 37.9. The zero-order chi connectivity index (χ0) is 3.58. The van der Waals surface area contributed by atoms with E-state index in [0.29, 0.717) is 0 Å². The maximum Gasteiger partial charge on any atom is 3.00 e. The molecule has 0 radical (unpaired) electrons. The van der Waals surface area contributed by atoms with Crippen LogP contribution in [0.3, 0.4) is 0 Å². The van der Waals surface area contributed by atoms with Crippen molar-refractivity contribution in [2.24, 2.45) is 0 Å². The number of hydrogen-bond donors (Lipinski definition) is 0. The molecule has 0 aromatic rings. The molecule has 0 spiro atoms. The smallest absolute Gasteiger partial charge is 0.672 e. The predicted molar refractivity (Wildman–Crippen MR) is 12.2 cm³/mol. The molecular formula is AlLiO3SiZn+4. The summed E-state index contributed by atoms with van der Waals surface area (Å²) in [5.74, 6) is 0. The summed E-state index contributed by atoms with van der Waals surface area (Å²) in [6, 6.07) is 0. The van der Waals surface area contributed by atoms with Crippen molar-refractivity contribution in [1.29, 1.82) is 0 Å². The van der Waals surface area contributed by atoms with E-state index >= 15 is 0 Å². The minimum absolute atomic E-state index is 0. The van der Waals surface area contributed by atoms with E-state index in [1.165, 1.54) is 0 Å². The molecule has 0 bridgehead atoms. The summed E-state index contributed by atoms with van der Waals surface area (Å²) in [5, 5.41) is 0. The van der Waals surface area contributed by atoms with E-state index in [1.54, 1.807) is 0 Å². The van der Waals surface area contributed by atoms with Gasteiger partial charge in [-0.3, -0.25) is 0 Å². The molecule has 0 amide bonds. The van der Waals surface area contributed by atoms with Crippen LogP contribution in [0.25, 0.3) is 0 Å². The fraction of sp³-hybridized carbons (Fsp3) is 0. The summed E-state index contributed by atoms with van der Waals surface area (Å²) < 4.78 is 8.52. The van der Waals surface area contributed by atoms with Gasteiger partial charge in [0.05, 0.1) is 0 Å². The van der Waals surface area contributed by atoms with Gasteiger partial charge in [0.15, 0.2) is 0 Å². The molecule has 0 aliphatic rings. The molecule has 0 aliphatic heterocycles. The minimum Gasteiger partial charge on any atom is -0.672 e. The van der Waals surface area contributed by atoms with Crippen LogP contribution in [0.5, 0.6) is 0 Å². The molecule has 0 rings (SSSR count). The van der Waals surface area contributed by atoms with Gasteiger partial charge in [-0.25, -0.2) is 0 Å². The second-order valence-electron chi connectivity index (χ2n) is 0.250. The first-order valence-corrected chi connectivity index (χ1v) is 1.84. The molecule has 24 valence electrons. The topological polar surface area (TPSA) is 63.2 Å². The fourth-order valence-corrected chi connectivity index (χ4v) is 0. The van der Waals surface area contributed by atoms with Crippen LogP contribution in [0, 0.1) is 0 Å². The molecule has 0 N–H and O–H groups in total. The number of rotatable bonds is 0. The third-order valence-electron chi connectivity index (χ3n) is 0. The van der Waals surface area contributed by atoms with Gasteiger partial charge in [0.2, 0.25) is 0 Å². The van der Waals surface area contributed by atoms with Crippen molar-refractivity contribution in [3.8, 4) is 0 Å². The average molecular weight is 175 g/mol. The minimum atomic E-state index is -3.63. The Morgan fingerprint density at radius 3 is 1.29 bits per heavy atom. The van der Waals surface area contributed by atoms with E-state index < -0.39 is 9.17 Å². The van der Waals surface area contributed by atoms with Gasteiger partial charge >= 0.3 is 55.7 Å². The van der Waals surface area contributed by atoms with Gasteiger partial charge in [-0.15, -0.1) is 0 Å². The summed E-state index contributed by atoms with van der Waals surface area (Å²) in [5.41, 5.74) is 0. The molecule has 0 unspecified atom stereocenters. The first-order chi connectivity index (χ1) is 1.73. The van der Waals surface area contributed by atoms with Crippen molar-refractivity contribution in [1.82, 2.24) is 0 Å². The second-order valence-corrected chi connectivity index (χ2v) is 0.750. The standard InChI is InChI=1S/Al.Li.O3Si.Zn/c;;1-4(2)3;/q+3;+1;-2;+2. The maximum absolute atomic E-state index is 8.52. The Morgan fingerprint density at radius 2 is 1.29 bits per heavy atom. The third-order valence-corrected chi connectivity index (χ3v) is 0. The van der Waals surface area contributed by atoms with Crippen molar-refractivity contribution in [3.05, 3.63) is 0 Å². The van der Waals surface area contributed by atoms with Crippen LogP contribution in [0.2, 0.25) is 0 Å². The molecule has 0 aromatic carbocycles. The molecular weight excluding hydrogens is 175 g/mol. The Kier molecular flexibility index (Phi) is 53.3. The molecule has 0 saturated heterocycles. The molecule has 7 heavy (non-hydrogen) atoms. The SMILES string of the molecule is O=[Si]([O-])[O-].[Al+3].[Li+].[Zn+2]. The third kappa shape index (κ3) is 113. The van der Waals surface area contributed by atoms with Crippen LogP contribution in [0.15, 0.2) is 0 Å². The second kappa shape index (κ2) is 15.7. The summed E-state index contributed by atoms with van der Waals surface area (Å²) >= 11 is 0.